The highest BCUT2D eigenvalue weighted by molar-refractivity contribution is 5.77. The molecule has 1 rings (SSSR count). The van der Waals surface area contributed by atoms with E-state index in [9.17, 15) is 9.59 Å². The zero-order valence-electron chi connectivity index (χ0n) is 12.6. The molecule has 1 aliphatic heterocycles. The van der Waals surface area contributed by atoms with Crippen LogP contribution in [0.25, 0.3) is 0 Å². The Labute approximate surface area is 119 Å². The van der Waals surface area contributed by atoms with E-state index in [0.29, 0.717) is 25.9 Å². The molecular weight excluding hydrogens is 260 g/mol. The van der Waals surface area contributed by atoms with Gasteiger partial charge in [0.1, 0.15) is 11.7 Å². The Morgan fingerprint density at radius 1 is 1.30 bits per heavy atom. The van der Waals surface area contributed by atoms with Gasteiger partial charge in [-0.25, -0.2) is 4.79 Å². The molecule has 0 spiro atoms. The van der Waals surface area contributed by atoms with E-state index in [1.165, 1.54) is 0 Å². The second-order valence-corrected chi connectivity index (χ2v) is 6.26. The molecule has 6 heteroatoms. The van der Waals surface area contributed by atoms with Crippen molar-refractivity contribution in [2.45, 2.75) is 46.1 Å². The lowest BCUT2D eigenvalue weighted by Crippen LogP contribution is -2.47. The molecule has 0 N–H and O–H groups in total. The maximum Gasteiger partial charge on any atom is 0.410 e. The lowest BCUT2D eigenvalue weighted by Gasteiger charge is -2.37. The molecule has 0 atom stereocenters. The average Bonchev–Trinajstić information content (AvgIpc) is 2.34. The number of nitrogens with zero attached hydrogens (tertiary/aromatic N) is 2. The Morgan fingerprint density at radius 3 is 2.30 bits per heavy atom. The van der Waals surface area contributed by atoms with Crippen molar-refractivity contribution in [2.24, 2.45) is 5.41 Å². The Balaban J connectivity index is 2.53. The van der Waals surface area contributed by atoms with Crippen molar-refractivity contribution in [3.05, 3.63) is 0 Å². The third-order valence-corrected chi connectivity index (χ3v) is 3.28. The molecule has 1 amide bonds. The fourth-order valence-electron chi connectivity index (χ4n) is 1.99. The normalized spacial score (nSPS) is 18.1. The number of hydrogen-bond acceptors (Lipinski definition) is 5. The first-order chi connectivity index (χ1) is 9.18. The zero-order valence-corrected chi connectivity index (χ0v) is 12.6. The third-order valence-electron chi connectivity index (χ3n) is 3.28. The molecule has 0 saturated carbocycles. The van der Waals surface area contributed by atoms with Gasteiger partial charge in [-0.15, -0.1) is 0 Å². The van der Waals surface area contributed by atoms with E-state index >= 15 is 0 Å². The molecule has 0 aromatic carbocycles. The van der Waals surface area contributed by atoms with Crippen molar-refractivity contribution < 1.29 is 19.1 Å². The van der Waals surface area contributed by atoms with Crippen LogP contribution in [0.5, 0.6) is 0 Å². The Hall–Kier alpha value is -1.77. The van der Waals surface area contributed by atoms with Gasteiger partial charge in [-0.3, -0.25) is 4.79 Å². The molecule has 6 nitrogen and oxygen atoms in total. The summed E-state index contributed by atoms with van der Waals surface area (Å²) in [6.07, 6.45) is 0.664. The number of nitriles is 1. The van der Waals surface area contributed by atoms with Crippen molar-refractivity contribution >= 4 is 12.1 Å². The number of piperidine rings is 1. The first kappa shape index (κ1) is 16.3. The van der Waals surface area contributed by atoms with Crippen LogP contribution in [0.4, 0.5) is 4.79 Å². The molecule has 1 fully saturated rings. The smallest absolute Gasteiger partial charge is 0.410 e. The standard InChI is InChI=1S/C14H22N2O4/c1-13(2,3)20-12(18)16-8-5-14(4,6-9-16)11(17)19-10-7-15/h5-6,8-10H2,1-4H3. The van der Waals surface area contributed by atoms with Crippen LogP contribution in [0, 0.1) is 16.7 Å². The van der Waals surface area contributed by atoms with E-state index in [-0.39, 0.29) is 18.7 Å². The van der Waals surface area contributed by atoms with E-state index in [0.717, 1.165) is 0 Å². The summed E-state index contributed by atoms with van der Waals surface area (Å²) >= 11 is 0. The molecule has 0 aromatic rings. The zero-order chi connectivity index (χ0) is 15.4. The van der Waals surface area contributed by atoms with Crippen LogP contribution in [-0.2, 0) is 14.3 Å². The molecule has 0 unspecified atom stereocenters. The summed E-state index contributed by atoms with van der Waals surface area (Å²) in [4.78, 5) is 25.4. The van der Waals surface area contributed by atoms with E-state index in [1.54, 1.807) is 17.9 Å². The Kier molecular flexibility index (Phi) is 4.98. The lowest BCUT2D eigenvalue weighted by molar-refractivity contribution is -0.156. The SMILES string of the molecule is CC(C)(C)OC(=O)N1CCC(C)(C(=O)OCC#N)CC1. The minimum atomic E-state index is -0.630. The highest BCUT2D eigenvalue weighted by Crippen LogP contribution is 2.32. The van der Waals surface area contributed by atoms with Gasteiger partial charge in [-0.1, -0.05) is 0 Å². The van der Waals surface area contributed by atoms with Crippen LogP contribution in [-0.4, -0.2) is 42.3 Å². The van der Waals surface area contributed by atoms with Gasteiger partial charge in [0.25, 0.3) is 0 Å². The predicted molar refractivity (Wildman–Crippen MR) is 71.7 cm³/mol. The van der Waals surface area contributed by atoms with Gasteiger partial charge in [-0.2, -0.15) is 5.26 Å². The third kappa shape index (κ3) is 4.41. The summed E-state index contributed by atoms with van der Waals surface area (Å²) in [6, 6.07) is 1.78. The lowest BCUT2D eigenvalue weighted by atomic mass is 9.80. The van der Waals surface area contributed by atoms with Gasteiger partial charge in [0.2, 0.25) is 0 Å². The topological polar surface area (TPSA) is 79.6 Å². The fraction of sp³-hybridized carbons (Fsp3) is 0.786. The molecule has 112 valence electrons. The molecule has 1 heterocycles. The highest BCUT2D eigenvalue weighted by Gasteiger charge is 2.40. The predicted octanol–water partition coefficient (Wildman–Crippen LogP) is 2.09. The van der Waals surface area contributed by atoms with Gasteiger partial charge >= 0.3 is 12.1 Å². The van der Waals surface area contributed by atoms with Crippen molar-refractivity contribution in [1.82, 2.24) is 4.90 Å². The van der Waals surface area contributed by atoms with Crippen molar-refractivity contribution in [1.29, 1.82) is 5.26 Å². The number of likely N-dealkylation sites (tertiary alicyclic amines) is 1. The fourth-order valence-corrected chi connectivity index (χ4v) is 1.99. The van der Waals surface area contributed by atoms with Crippen molar-refractivity contribution in [3.63, 3.8) is 0 Å². The monoisotopic (exact) mass is 282 g/mol. The number of rotatable bonds is 2. The molecular formula is C14H22N2O4. The van der Waals surface area contributed by atoms with Crippen LogP contribution in [0.15, 0.2) is 0 Å². The van der Waals surface area contributed by atoms with Crippen molar-refractivity contribution in [3.8, 4) is 6.07 Å². The minimum Gasteiger partial charge on any atom is -0.450 e. The first-order valence-corrected chi connectivity index (χ1v) is 6.70. The molecule has 20 heavy (non-hydrogen) atoms. The Morgan fingerprint density at radius 2 is 1.85 bits per heavy atom. The van der Waals surface area contributed by atoms with Gasteiger partial charge in [0, 0.05) is 13.1 Å². The molecule has 1 saturated heterocycles. The molecule has 0 aliphatic carbocycles. The summed E-state index contributed by atoms with van der Waals surface area (Å²) < 4.78 is 10.2. The summed E-state index contributed by atoms with van der Waals surface area (Å²) in [5.74, 6) is -0.372. The van der Waals surface area contributed by atoms with E-state index < -0.39 is 11.0 Å². The van der Waals surface area contributed by atoms with Crippen LogP contribution < -0.4 is 0 Å². The average molecular weight is 282 g/mol. The van der Waals surface area contributed by atoms with Gasteiger partial charge in [0.15, 0.2) is 6.61 Å². The second-order valence-electron chi connectivity index (χ2n) is 6.26. The Bertz CT molecular complexity index is 412. The molecule has 1 aliphatic rings. The number of carbonyl (C=O) groups is 2. The molecule has 0 radical (unpaired) electrons. The molecule has 0 aromatic heterocycles. The highest BCUT2D eigenvalue weighted by atomic mass is 16.6. The maximum atomic E-state index is 11.9. The summed E-state index contributed by atoms with van der Waals surface area (Å²) in [7, 11) is 0. The van der Waals surface area contributed by atoms with E-state index in [1.807, 2.05) is 20.8 Å². The van der Waals surface area contributed by atoms with Crippen LogP contribution in [0.2, 0.25) is 0 Å². The second kappa shape index (κ2) is 6.12. The number of ether oxygens (including phenoxy) is 2. The summed E-state index contributed by atoms with van der Waals surface area (Å²) in [5, 5.41) is 8.42. The number of hydrogen-bond donors (Lipinski definition) is 0. The number of amides is 1. The maximum absolute atomic E-state index is 11.9. The molecule has 0 bridgehead atoms. The van der Waals surface area contributed by atoms with Crippen LogP contribution >= 0.6 is 0 Å². The largest absolute Gasteiger partial charge is 0.450 e. The first-order valence-electron chi connectivity index (χ1n) is 6.70. The van der Waals surface area contributed by atoms with E-state index in [4.69, 9.17) is 14.7 Å². The van der Waals surface area contributed by atoms with E-state index in [2.05, 4.69) is 0 Å². The summed E-state index contributed by atoms with van der Waals surface area (Å²) in [5.41, 5.74) is -1.15. The van der Waals surface area contributed by atoms with Gasteiger partial charge in [0.05, 0.1) is 5.41 Å². The quantitative estimate of drug-likeness (QED) is 0.724. The minimum absolute atomic E-state index is 0.232. The van der Waals surface area contributed by atoms with Crippen LogP contribution in [0.3, 0.4) is 0 Å². The van der Waals surface area contributed by atoms with Gasteiger partial charge < -0.3 is 14.4 Å². The van der Waals surface area contributed by atoms with Crippen molar-refractivity contribution in [2.75, 3.05) is 19.7 Å². The number of carbonyl (C=O) groups excluding carboxylic acids is 2. The van der Waals surface area contributed by atoms with Gasteiger partial charge in [-0.05, 0) is 40.5 Å². The van der Waals surface area contributed by atoms with Crippen LogP contribution in [0.1, 0.15) is 40.5 Å². The number of esters is 1. The summed E-state index contributed by atoms with van der Waals surface area (Å²) in [6.45, 7) is 7.93.